The highest BCUT2D eigenvalue weighted by Gasteiger charge is 1.97. The average Bonchev–Trinajstić information content (AvgIpc) is 2.39. The number of nitriles is 1. The van der Waals surface area contributed by atoms with Gasteiger partial charge in [0.25, 0.3) is 0 Å². The molecular weight excluding hydrogens is 198 g/mol. The van der Waals surface area contributed by atoms with Gasteiger partial charge >= 0.3 is 0 Å². The Bertz CT molecular complexity index is 288. The predicted molar refractivity (Wildman–Crippen MR) is 70.3 cm³/mol. The van der Waals surface area contributed by atoms with Gasteiger partial charge in [0, 0.05) is 0 Å². The zero-order valence-electron chi connectivity index (χ0n) is 11.9. The summed E-state index contributed by atoms with van der Waals surface area (Å²) in [4.78, 5) is 0. The summed E-state index contributed by atoms with van der Waals surface area (Å²) in [7, 11) is 0. The van der Waals surface area contributed by atoms with E-state index >= 15 is 0 Å². The molecular formula is C13H25N3. The molecule has 0 N–H and O–H groups in total. The Morgan fingerprint density at radius 1 is 0.938 bits per heavy atom. The van der Waals surface area contributed by atoms with Gasteiger partial charge in [-0.15, -0.1) is 0 Å². The molecule has 16 heavy (non-hydrogen) atoms. The van der Waals surface area contributed by atoms with Gasteiger partial charge in [0.15, 0.2) is 0 Å². The Labute approximate surface area is 101 Å². The molecule has 0 atom stereocenters. The molecule has 3 heteroatoms. The molecule has 1 rings (SSSR count). The van der Waals surface area contributed by atoms with E-state index in [-0.39, 0.29) is 0 Å². The van der Waals surface area contributed by atoms with Crippen molar-refractivity contribution >= 4 is 0 Å². The van der Waals surface area contributed by atoms with Crippen LogP contribution in [0.2, 0.25) is 0 Å². The maximum Gasteiger partial charge on any atom is 0.101 e. The lowest BCUT2D eigenvalue weighted by Crippen LogP contribution is -1.93. The first-order valence-corrected chi connectivity index (χ1v) is 5.95. The Morgan fingerprint density at radius 2 is 1.38 bits per heavy atom. The summed E-state index contributed by atoms with van der Waals surface area (Å²) in [5, 5.41) is 16.1. The summed E-state index contributed by atoms with van der Waals surface area (Å²) < 4.78 is 0. The van der Waals surface area contributed by atoms with Crippen LogP contribution in [0.25, 0.3) is 0 Å². The minimum absolute atomic E-state index is 0.604. The number of rotatable bonds is 0. The van der Waals surface area contributed by atoms with Crippen LogP contribution in [-0.4, -0.2) is 10.2 Å². The molecule has 0 spiro atoms. The maximum atomic E-state index is 8.53. The molecule has 1 aromatic heterocycles. The van der Waals surface area contributed by atoms with E-state index in [1.165, 1.54) is 0 Å². The second-order valence-corrected chi connectivity index (χ2v) is 2.10. The molecule has 0 fully saturated rings. The molecule has 0 amide bonds. The molecule has 0 aliphatic carbocycles. The van der Waals surface area contributed by atoms with Crippen molar-refractivity contribution in [3.05, 3.63) is 23.0 Å². The lowest BCUT2D eigenvalue weighted by molar-refractivity contribution is 0.934. The van der Waals surface area contributed by atoms with E-state index in [1.54, 1.807) is 13.0 Å². The standard InChI is InChI=1S/C7H7N3.3C2H6/c1-5-3-7(4-8)6(2)10-9-5;3*1-2/h3H,1-2H3;3*1-2H3. The first-order chi connectivity index (χ1) is 7.74. The Balaban J connectivity index is -0.000000245. The van der Waals surface area contributed by atoms with Crippen LogP contribution in [0, 0.1) is 25.2 Å². The molecule has 1 aromatic rings. The third-order valence-corrected chi connectivity index (χ3v) is 1.22. The van der Waals surface area contributed by atoms with Gasteiger partial charge in [0.1, 0.15) is 6.07 Å². The van der Waals surface area contributed by atoms with Gasteiger partial charge < -0.3 is 0 Å². The highest BCUT2D eigenvalue weighted by molar-refractivity contribution is 5.32. The van der Waals surface area contributed by atoms with Crippen molar-refractivity contribution in [3.8, 4) is 6.07 Å². The van der Waals surface area contributed by atoms with Crippen LogP contribution in [0.15, 0.2) is 6.07 Å². The van der Waals surface area contributed by atoms with Gasteiger partial charge in [-0.25, -0.2) is 0 Å². The summed E-state index contributed by atoms with van der Waals surface area (Å²) in [5.74, 6) is 0. The molecule has 0 aromatic carbocycles. The Hall–Kier alpha value is -1.43. The van der Waals surface area contributed by atoms with E-state index < -0.39 is 0 Å². The van der Waals surface area contributed by atoms with Crippen molar-refractivity contribution in [1.82, 2.24) is 10.2 Å². The van der Waals surface area contributed by atoms with Gasteiger partial charge in [-0.2, -0.15) is 15.5 Å². The highest BCUT2D eigenvalue weighted by atomic mass is 15.1. The van der Waals surface area contributed by atoms with E-state index in [0.29, 0.717) is 11.3 Å². The van der Waals surface area contributed by atoms with E-state index in [2.05, 4.69) is 10.2 Å². The zero-order valence-corrected chi connectivity index (χ0v) is 11.9. The summed E-state index contributed by atoms with van der Waals surface area (Å²) >= 11 is 0. The second-order valence-electron chi connectivity index (χ2n) is 2.10. The molecule has 1 heterocycles. The van der Waals surface area contributed by atoms with Crippen molar-refractivity contribution in [2.45, 2.75) is 55.4 Å². The van der Waals surface area contributed by atoms with Gasteiger partial charge in [-0.1, -0.05) is 41.5 Å². The lowest BCUT2D eigenvalue weighted by Gasteiger charge is -1.93. The number of nitrogens with zero attached hydrogens (tertiary/aromatic N) is 3. The first kappa shape index (κ1) is 20.0. The Morgan fingerprint density at radius 3 is 1.69 bits per heavy atom. The second kappa shape index (κ2) is 16.0. The molecule has 0 unspecified atom stereocenters. The van der Waals surface area contributed by atoms with Crippen molar-refractivity contribution in [1.29, 1.82) is 5.26 Å². The summed E-state index contributed by atoms with van der Waals surface area (Å²) in [5.41, 5.74) is 2.07. The van der Waals surface area contributed by atoms with Crippen LogP contribution in [0.4, 0.5) is 0 Å². The topological polar surface area (TPSA) is 49.6 Å². The van der Waals surface area contributed by atoms with Crippen molar-refractivity contribution in [2.24, 2.45) is 0 Å². The van der Waals surface area contributed by atoms with Gasteiger partial charge in [-0.3, -0.25) is 0 Å². The number of aryl methyl sites for hydroxylation is 2. The minimum atomic E-state index is 0.604. The number of hydrogen-bond acceptors (Lipinski definition) is 3. The first-order valence-electron chi connectivity index (χ1n) is 5.95. The minimum Gasteiger partial charge on any atom is -0.192 e. The molecule has 0 saturated carbocycles. The van der Waals surface area contributed by atoms with E-state index in [9.17, 15) is 0 Å². The molecule has 0 bridgehead atoms. The van der Waals surface area contributed by atoms with Crippen molar-refractivity contribution in [2.75, 3.05) is 0 Å². The van der Waals surface area contributed by atoms with Crippen molar-refractivity contribution in [3.63, 3.8) is 0 Å². The summed E-state index contributed by atoms with van der Waals surface area (Å²) in [6, 6.07) is 3.76. The van der Waals surface area contributed by atoms with Gasteiger partial charge in [-0.05, 0) is 19.9 Å². The maximum absolute atomic E-state index is 8.53. The zero-order chi connectivity index (χ0) is 13.6. The fourth-order valence-corrected chi connectivity index (χ4v) is 0.663. The quantitative estimate of drug-likeness (QED) is 0.666. The van der Waals surface area contributed by atoms with Crippen LogP contribution < -0.4 is 0 Å². The lowest BCUT2D eigenvalue weighted by atomic mass is 10.2. The SMILES string of the molecule is CC.CC.CC.Cc1cc(C#N)c(C)nn1. The number of hydrogen-bond donors (Lipinski definition) is 0. The molecule has 92 valence electrons. The number of aromatic nitrogens is 2. The third kappa shape index (κ3) is 9.14. The summed E-state index contributed by atoms with van der Waals surface area (Å²) in [6.07, 6.45) is 0. The van der Waals surface area contributed by atoms with E-state index in [1.807, 2.05) is 54.5 Å². The normalized spacial score (nSPS) is 6.69. The fourth-order valence-electron chi connectivity index (χ4n) is 0.663. The molecule has 0 aliphatic rings. The van der Waals surface area contributed by atoms with Crippen LogP contribution in [0.5, 0.6) is 0 Å². The third-order valence-electron chi connectivity index (χ3n) is 1.22. The Kier molecular flexibility index (Phi) is 20.1. The van der Waals surface area contributed by atoms with Crippen LogP contribution in [-0.2, 0) is 0 Å². The summed E-state index contributed by atoms with van der Waals surface area (Å²) in [6.45, 7) is 15.6. The molecule has 0 saturated heterocycles. The highest BCUT2D eigenvalue weighted by Crippen LogP contribution is 2.01. The smallest absolute Gasteiger partial charge is 0.101 e. The van der Waals surface area contributed by atoms with Gasteiger partial charge in [0.05, 0.1) is 17.0 Å². The van der Waals surface area contributed by atoms with E-state index in [0.717, 1.165) is 5.69 Å². The van der Waals surface area contributed by atoms with Crippen LogP contribution >= 0.6 is 0 Å². The predicted octanol–water partition coefficient (Wildman–Crippen LogP) is 4.04. The molecule has 3 nitrogen and oxygen atoms in total. The molecule has 0 radical (unpaired) electrons. The fraction of sp³-hybridized carbons (Fsp3) is 0.615. The monoisotopic (exact) mass is 223 g/mol. The van der Waals surface area contributed by atoms with Gasteiger partial charge in [0.2, 0.25) is 0 Å². The van der Waals surface area contributed by atoms with Crippen molar-refractivity contribution < 1.29 is 0 Å². The molecule has 0 aliphatic heterocycles. The largest absolute Gasteiger partial charge is 0.192 e. The van der Waals surface area contributed by atoms with Crippen LogP contribution in [0.3, 0.4) is 0 Å². The van der Waals surface area contributed by atoms with Crippen LogP contribution in [0.1, 0.15) is 58.5 Å². The average molecular weight is 223 g/mol. The van der Waals surface area contributed by atoms with E-state index in [4.69, 9.17) is 5.26 Å².